The van der Waals surface area contributed by atoms with Crippen molar-refractivity contribution in [3.63, 3.8) is 0 Å². The van der Waals surface area contributed by atoms with E-state index < -0.39 is 0 Å². The van der Waals surface area contributed by atoms with Gasteiger partial charge >= 0.3 is 5.97 Å². The van der Waals surface area contributed by atoms with Gasteiger partial charge in [-0.3, -0.25) is 4.79 Å². The summed E-state index contributed by atoms with van der Waals surface area (Å²) in [5, 5.41) is 0. The second-order valence-electron chi connectivity index (χ2n) is 2.06. The van der Waals surface area contributed by atoms with Crippen LogP contribution in [-0.2, 0) is 14.3 Å². The summed E-state index contributed by atoms with van der Waals surface area (Å²) in [5.74, 6) is 0.500. The van der Waals surface area contributed by atoms with Gasteiger partial charge in [-0.05, 0) is 6.08 Å². The van der Waals surface area contributed by atoms with E-state index in [1.165, 1.54) is 7.11 Å². The second kappa shape index (κ2) is 3.25. The summed E-state index contributed by atoms with van der Waals surface area (Å²) in [6, 6.07) is 0. The summed E-state index contributed by atoms with van der Waals surface area (Å²) in [4.78, 5) is 10.6. The minimum atomic E-state index is -0.242. The lowest BCUT2D eigenvalue weighted by Gasteiger charge is -2.00. The molecule has 3 nitrogen and oxygen atoms in total. The van der Waals surface area contributed by atoms with Crippen molar-refractivity contribution in [2.24, 2.45) is 0 Å². The molecule has 0 saturated heterocycles. The van der Waals surface area contributed by atoms with Crippen LogP contribution in [0.4, 0.5) is 0 Å². The highest BCUT2D eigenvalue weighted by Crippen LogP contribution is 2.12. The van der Waals surface area contributed by atoms with E-state index >= 15 is 0 Å². The maximum absolute atomic E-state index is 10.6. The van der Waals surface area contributed by atoms with E-state index in [-0.39, 0.29) is 12.4 Å². The Balaban J connectivity index is 2.30. The number of hydrogen-bond acceptors (Lipinski definition) is 3. The summed E-state index contributed by atoms with van der Waals surface area (Å²) < 4.78 is 9.54. The van der Waals surface area contributed by atoms with Gasteiger partial charge in [-0.25, -0.2) is 0 Å². The summed E-state index contributed by atoms with van der Waals surface area (Å²) in [6.45, 7) is 0.701. The first-order chi connectivity index (χ1) is 4.83. The largest absolute Gasteiger partial charge is 0.497 e. The van der Waals surface area contributed by atoms with Crippen LogP contribution in [0.2, 0.25) is 0 Å². The Labute approximate surface area is 59.6 Å². The molecule has 10 heavy (non-hydrogen) atoms. The van der Waals surface area contributed by atoms with Crippen molar-refractivity contribution in [1.82, 2.24) is 0 Å². The fourth-order valence-corrected chi connectivity index (χ4v) is 0.806. The molecule has 0 aromatic heterocycles. The molecule has 0 spiro atoms. The fourth-order valence-electron chi connectivity index (χ4n) is 0.806. The highest BCUT2D eigenvalue weighted by atomic mass is 16.5. The molecule has 0 saturated carbocycles. The summed E-state index contributed by atoms with van der Waals surface area (Å²) >= 11 is 0. The maximum atomic E-state index is 10.6. The van der Waals surface area contributed by atoms with Gasteiger partial charge in [-0.2, -0.15) is 0 Å². The normalized spacial score (nSPS) is 15.9. The average molecular weight is 142 g/mol. The molecule has 3 heteroatoms. The molecular weight excluding hydrogens is 132 g/mol. The summed E-state index contributed by atoms with van der Waals surface area (Å²) in [6.07, 6.45) is 3.10. The summed E-state index contributed by atoms with van der Waals surface area (Å²) in [7, 11) is 1.37. The standard InChI is InChI=1S/C7H10O3/c1-9-7(8)5-6-3-2-4-10-6/h3H,2,4-5H2,1H3. The number of methoxy groups -OCH3 is 1. The van der Waals surface area contributed by atoms with Crippen LogP contribution in [0.15, 0.2) is 11.8 Å². The van der Waals surface area contributed by atoms with Gasteiger partial charge in [0.25, 0.3) is 0 Å². The van der Waals surface area contributed by atoms with Crippen molar-refractivity contribution in [2.45, 2.75) is 12.8 Å². The Kier molecular flexibility index (Phi) is 2.31. The second-order valence-corrected chi connectivity index (χ2v) is 2.06. The van der Waals surface area contributed by atoms with E-state index in [1.54, 1.807) is 0 Å². The van der Waals surface area contributed by atoms with Crippen molar-refractivity contribution in [3.05, 3.63) is 11.8 Å². The smallest absolute Gasteiger partial charge is 0.313 e. The number of rotatable bonds is 2. The maximum Gasteiger partial charge on any atom is 0.313 e. The molecule has 0 radical (unpaired) electrons. The number of ether oxygens (including phenoxy) is 2. The van der Waals surface area contributed by atoms with Crippen LogP contribution in [0.3, 0.4) is 0 Å². The van der Waals surface area contributed by atoms with Crippen LogP contribution >= 0.6 is 0 Å². The SMILES string of the molecule is COC(=O)CC1=CCCO1. The van der Waals surface area contributed by atoms with Crippen LogP contribution in [0.25, 0.3) is 0 Å². The molecule has 1 aliphatic rings. The zero-order valence-corrected chi connectivity index (χ0v) is 5.92. The molecule has 0 aliphatic carbocycles. The lowest BCUT2D eigenvalue weighted by Crippen LogP contribution is -2.01. The molecule has 0 aromatic rings. The Morgan fingerprint density at radius 2 is 2.70 bits per heavy atom. The first kappa shape index (κ1) is 7.12. The van der Waals surface area contributed by atoms with Gasteiger partial charge < -0.3 is 9.47 Å². The molecule has 0 atom stereocenters. The number of esters is 1. The molecule has 56 valence electrons. The molecule has 1 rings (SSSR count). The minimum absolute atomic E-state index is 0.242. The minimum Gasteiger partial charge on any atom is -0.497 e. The third-order valence-electron chi connectivity index (χ3n) is 1.32. The molecule has 1 aliphatic heterocycles. The van der Waals surface area contributed by atoms with Crippen molar-refractivity contribution < 1.29 is 14.3 Å². The molecule has 1 heterocycles. The predicted octanol–water partition coefficient (Wildman–Crippen LogP) is 0.854. The van der Waals surface area contributed by atoms with Crippen LogP contribution < -0.4 is 0 Å². The Morgan fingerprint density at radius 3 is 3.20 bits per heavy atom. The number of carbonyl (C=O) groups is 1. The van der Waals surface area contributed by atoms with Gasteiger partial charge in [-0.15, -0.1) is 0 Å². The average Bonchev–Trinajstić information content (AvgIpc) is 2.40. The lowest BCUT2D eigenvalue weighted by molar-refractivity contribution is -0.140. The fraction of sp³-hybridized carbons (Fsp3) is 0.571. The molecule has 0 unspecified atom stereocenters. The molecule has 0 amide bonds. The molecule has 0 aromatic carbocycles. The quantitative estimate of drug-likeness (QED) is 0.536. The zero-order valence-electron chi connectivity index (χ0n) is 5.92. The molecule has 0 N–H and O–H groups in total. The van der Waals surface area contributed by atoms with Crippen LogP contribution in [0, 0.1) is 0 Å². The van der Waals surface area contributed by atoms with Crippen LogP contribution in [-0.4, -0.2) is 19.7 Å². The lowest BCUT2D eigenvalue weighted by atomic mass is 10.3. The third-order valence-corrected chi connectivity index (χ3v) is 1.32. The van der Waals surface area contributed by atoms with Crippen molar-refractivity contribution >= 4 is 5.97 Å². The Bertz CT molecular complexity index is 160. The van der Waals surface area contributed by atoms with Gasteiger partial charge in [0.15, 0.2) is 0 Å². The Morgan fingerprint density at radius 1 is 1.90 bits per heavy atom. The predicted molar refractivity (Wildman–Crippen MR) is 35.3 cm³/mol. The van der Waals surface area contributed by atoms with Crippen molar-refractivity contribution in [2.75, 3.05) is 13.7 Å². The molecular formula is C7H10O3. The van der Waals surface area contributed by atoms with E-state index in [1.807, 2.05) is 6.08 Å². The van der Waals surface area contributed by atoms with Gasteiger partial charge in [0, 0.05) is 6.42 Å². The molecule has 0 bridgehead atoms. The van der Waals surface area contributed by atoms with E-state index in [9.17, 15) is 4.79 Å². The van der Waals surface area contributed by atoms with E-state index in [4.69, 9.17) is 4.74 Å². The van der Waals surface area contributed by atoms with Gasteiger partial charge in [0.05, 0.1) is 13.7 Å². The first-order valence-electron chi connectivity index (χ1n) is 3.21. The van der Waals surface area contributed by atoms with Gasteiger partial charge in [-0.1, -0.05) is 0 Å². The molecule has 0 fully saturated rings. The zero-order chi connectivity index (χ0) is 7.40. The highest BCUT2D eigenvalue weighted by Gasteiger charge is 2.09. The monoisotopic (exact) mass is 142 g/mol. The van der Waals surface area contributed by atoms with E-state index in [0.717, 1.165) is 12.2 Å². The van der Waals surface area contributed by atoms with E-state index in [2.05, 4.69) is 4.74 Å². The van der Waals surface area contributed by atoms with Crippen molar-refractivity contribution in [1.29, 1.82) is 0 Å². The van der Waals surface area contributed by atoms with E-state index in [0.29, 0.717) is 6.61 Å². The van der Waals surface area contributed by atoms with Crippen LogP contribution in [0.1, 0.15) is 12.8 Å². The highest BCUT2D eigenvalue weighted by molar-refractivity contribution is 5.71. The van der Waals surface area contributed by atoms with Crippen molar-refractivity contribution in [3.8, 4) is 0 Å². The van der Waals surface area contributed by atoms with Gasteiger partial charge in [0.1, 0.15) is 12.2 Å². The van der Waals surface area contributed by atoms with Gasteiger partial charge in [0.2, 0.25) is 0 Å². The number of carbonyl (C=O) groups excluding carboxylic acids is 1. The number of hydrogen-bond donors (Lipinski definition) is 0. The van der Waals surface area contributed by atoms with Crippen LogP contribution in [0.5, 0.6) is 0 Å². The topological polar surface area (TPSA) is 35.5 Å². The Hall–Kier alpha value is -0.990. The first-order valence-corrected chi connectivity index (χ1v) is 3.21. The summed E-state index contributed by atoms with van der Waals surface area (Å²) in [5.41, 5.74) is 0. The third kappa shape index (κ3) is 1.76.